The third-order valence-corrected chi connectivity index (χ3v) is 2.91. The number of nitrogens with zero attached hydrogens (tertiary/aromatic N) is 2. The summed E-state index contributed by atoms with van der Waals surface area (Å²) in [4.78, 5) is 7.96. The molecule has 0 radical (unpaired) electrons. The Balaban J connectivity index is 2.24. The van der Waals surface area contributed by atoms with Crippen LogP contribution < -0.4 is 10.1 Å². The minimum Gasteiger partial charge on any atom is -0.467 e. The average Bonchev–Trinajstić information content (AvgIpc) is 2.41. The molecule has 6 heteroatoms. The second-order valence-electron chi connectivity index (χ2n) is 3.94. The van der Waals surface area contributed by atoms with Gasteiger partial charge in [0, 0.05) is 5.56 Å². The first kappa shape index (κ1) is 13.5. The molecule has 0 fully saturated rings. The molecule has 1 N–H and O–H groups in total. The standard InChI is InChI=1S/C13H13ClFN3O/c1-8(9-5-3-4-6-11(9)15)17-12-10(14)7-16-13(18-12)19-2/h3-8H,1-2H3,(H,16,17,18). The Bertz CT molecular complexity index is 580. The van der Waals surface area contributed by atoms with Gasteiger partial charge in [-0.15, -0.1) is 0 Å². The van der Waals surface area contributed by atoms with E-state index in [2.05, 4.69) is 15.3 Å². The molecule has 1 unspecified atom stereocenters. The Morgan fingerprint density at radius 2 is 2.11 bits per heavy atom. The first-order valence-corrected chi connectivity index (χ1v) is 6.07. The first-order chi connectivity index (χ1) is 9.11. The van der Waals surface area contributed by atoms with Crippen LogP contribution in [0, 0.1) is 5.82 Å². The fourth-order valence-corrected chi connectivity index (χ4v) is 1.81. The molecular weight excluding hydrogens is 269 g/mol. The summed E-state index contributed by atoms with van der Waals surface area (Å²) in [6.45, 7) is 1.82. The van der Waals surface area contributed by atoms with Gasteiger partial charge in [0.1, 0.15) is 10.8 Å². The number of hydrogen-bond donors (Lipinski definition) is 1. The lowest BCUT2D eigenvalue weighted by atomic mass is 10.1. The van der Waals surface area contributed by atoms with Gasteiger partial charge in [-0.25, -0.2) is 9.37 Å². The lowest BCUT2D eigenvalue weighted by Crippen LogP contribution is -2.10. The Morgan fingerprint density at radius 3 is 2.79 bits per heavy atom. The van der Waals surface area contributed by atoms with E-state index in [4.69, 9.17) is 16.3 Å². The van der Waals surface area contributed by atoms with Crippen LogP contribution in [0.3, 0.4) is 0 Å². The highest BCUT2D eigenvalue weighted by atomic mass is 35.5. The molecule has 0 bridgehead atoms. The van der Waals surface area contributed by atoms with Crippen molar-refractivity contribution in [3.8, 4) is 6.01 Å². The number of aromatic nitrogens is 2. The normalized spacial score (nSPS) is 12.0. The number of methoxy groups -OCH3 is 1. The SMILES string of the molecule is COc1ncc(Cl)c(NC(C)c2ccccc2F)n1. The number of halogens is 2. The second-order valence-corrected chi connectivity index (χ2v) is 4.35. The Hall–Kier alpha value is -1.88. The summed E-state index contributed by atoms with van der Waals surface area (Å²) in [6.07, 6.45) is 1.43. The topological polar surface area (TPSA) is 47.0 Å². The van der Waals surface area contributed by atoms with Crippen LogP contribution in [-0.4, -0.2) is 17.1 Å². The lowest BCUT2D eigenvalue weighted by Gasteiger charge is -2.16. The van der Waals surface area contributed by atoms with Crippen molar-refractivity contribution in [2.24, 2.45) is 0 Å². The highest BCUT2D eigenvalue weighted by Crippen LogP contribution is 2.26. The molecular formula is C13H13ClFN3O. The van der Waals surface area contributed by atoms with Gasteiger partial charge in [0.15, 0.2) is 5.82 Å². The predicted molar refractivity (Wildman–Crippen MR) is 72.0 cm³/mol. The summed E-state index contributed by atoms with van der Waals surface area (Å²) in [7, 11) is 1.47. The number of benzene rings is 1. The van der Waals surface area contributed by atoms with Gasteiger partial charge < -0.3 is 10.1 Å². The van der Waals surface area contributed by atoms with Crippen molar-refractivity contribution >= 4 is 17.4 Å². The molecule has 1 aromatic heterocycles. The average molecular weight is 282 g/mol. The van der Waals surface area contributed by atoms with Crippen LogP contribution >= 0.6 is 11.6 Å². The number of anilines is 1. The third-order valence-electron chi connectivity index (χ3n) is 2.63. The van der Waals surface area contributed by atoms with Gasteiger partial charge in [-0.3, -0.25) is 0 Å². The number of hydrogen-bond acceptors (Lipinski definition) is 4. The zero-order valence-corrected chi connectivity index (χ0v) is 11.3. The Morgan fingerprint density at radius 1 is 1.37 bits per heavy atom. The quantitative estimate of drug-likeness (QED) is 0.932. The molecule has 0 saturated heterocycles. The van der Waals surface area contributed by atoms with Crippen molar-refractivity contribution < 1.29 is 9.13 Å². The maximum absolute atomic E-state index is 13.7. The summed E-state index contributed by atoms with van der Waals surface area (Å²) >= 11 is 5.99. The highest BCUT2D eigenvalue weighted by molar-refractivity contribution is 6.32. The van der Waals surface area contributed by atoms with Gasteiger partial charge in [-0.2, -0.15) is 4.98 Å². The maximum atomic E-state index is 13.7. The second kappa shape index (κ2) is 5.84. The molecule has 0 saturated carbocycles. The summed E-state index contributed by atoms with van der Waals surface area (Å²) in [6, 6.07) is 6.46. The highest BCUT2D eigenvalue weighted by Gasteiger charge is 2.13. The van der Waals surface area contributed by atoms with Crippen LogP contribution in [-0.2, 0) is 0 Å². The van der Waals surface area contributed by atoms with Crippen molar-refractivity contribution in [2.45, 2.75) is 13.0 Å². The molecule has 19 heavy (non-hydrogen) atoms. The van der Waals surface area contributed by atoms with Crippen LogP contribution in [0.25, 0.3) is 0 Å². The molecule has 100 valence electrons. The number of ether oxygens (including phenoxy) is 1. The van der Waals surface area contributed by atoms with Gasteiger partial charge in [-0.1, -0.05) is 29.8 Å². The molecule has 0 amide bonds. The van der Waals surface area contributed by atoms with Crippen LogP contribution in [0.1, 0.15) is 18.5 Å². The monoisotopic (exact) mass is 281 g/mol. The zero-order valence-electron chi connectivity index (χ0n) is 10.5. The summed E-state index contributed by atoms with van der Waals surface area (Å²) in [5.41, 5.74) is 0.538. The lowest BCUT2D eigenvalue weighted by molar-refractivity contribution is 0.380. The molecule has 0 spiro atoms. The Kier molecular flexibility index (Phi) is 4.16. The fraction of sp³-hybridized carbons (Fsp3) is 0.231. The van der Waals surface area contributed by atoms with Crippen molar-refractivity contribution in [3.05, 3.63) is 46.9 Å². The summed E-state index contributed by atoms with van der Waals surface area (Å²) in [5.74, 6) is 0.129. The van der Waals surface area contributed by atoms with Crippen LogP contribution in [0.2, 0.25) is 5.02 Å². The van der Waals surface area contributed by atoms with Gasteiger partial charge >= 0.3 is 6.01 Å². The minimum atomic E-state index is -0.279. The van der Waals surface area contributed by atoms with E-state index in [0.717, 1.165) is 0 Å². The molecule has 1 atom stereocenters. The first-order valence-electron chi connectivity index (χ1n) is 5.69. The zero-order chi connectivity index (χ0) is 13.8. The Labute approximate surface area is 115 Å². The van der Waals surface area contributed by atoms with Crippen molar-refractivity contribution in [2.75, 3.05) is 12.4 Å². The summed E-state index contributed by atoms with van der Waals surface area (Å²) < 4.78 is 18.6. The van der Waals surface area contributed by atoms with Gasteiger partial charge in [0.2, 0.25) is 0 Å². The number of nitrogens with one attached hydrogen (secondary N) is 1. The predicted octanol–water partition coefficient (Wildman–Crippen LogP) is 3.45. The fourth-order valence-electron chi connectivity index (χ4n) is 1.66. The van der Waals surface area contributed by atoms with E-state index in [0.29, 0.717) is 16.4 Å². The molecule has 4 nitrogen and oxygen atoms in total. The molecule has 1 heterocycles. The summed E-state index contributed by atoms with van der Waals surface area (Å²) in [5, 5.41) is 3.39. The van der Waals surface area contributed by atoms with Gasteiger partial charge in [0.25, 0.3) is 0 Å². The van der Waals surface area contributed by atoms with E-state index in [1.807, 2.05) is 6.92 Å². The molecule has 2 aromatic rings. The van der Waals surface area contributed by atoms with E-state index >= 15 is 0 Å². The molecule has 0 aliphatic rings. The van der Waals surface area contributed by atoms with Crippen molar-refractivity contribution in [3.63, 3.8) is 0 Å². The molecule has 0 aliphatic carbocycles. The third kappa shape index (κ3) is 3.12. The molecule has 0 aliphatic heterocycles. The minimum absolute atomic E-state index is 0.202. The van der Waals surface area contributed by atoms with E-state index < -0.39 is 0 Å². The van der Waals surface area contributed by atoms with Crippen LogP contribution in [0.5, 0.6) is 6.01 Å². The van der Waals surface area contributed by atoms with E-state index in [1.165, 1.54) is 19.4 Å². The van der Waals surface area contributed by atoms with Gasteiger partial charge in [0.05, 0.1) is 19.3 Å². The molecule has 1 aromatic carbocycles. The van der Waals surface area contributed by atoms with Gasteiger partial charge in [-0.05, 0) is 13.0 Å². The maximum Gasteiger partial charge on any atom is 0.318 e. The van der Waals surface area contributed by atoms with Crippen molar-refractivity contribution in [1.29, 1.82) is 0 Å². The van der Waals surface area contributed by atoms with E-state index in [1.54, 1.807) is 18.2 Å². The number of rotatable bonds is 4. The smallest absolute Gasteiger partial charge is 0.318 e. The van der Waals surface area contributed by atoms with E-state index in [-0.39, 0.29) is 17.9 Å². The van der Waals surface area contributed by atoms with E-state index in [9.17, 15) is 4.39 Å². The largest absolute Gasteiger partial charge is 0.467 e. The van der Waals surface area contributed by atoms with Crippen LogP contribution in [0.15, 0.2) is 30.5 Å². The van der Waals surface area contributed by atoms with Crippen LogP contribution in [0.4, 0.5) is 10.2 Å². The van der Waals surface area contributed by atoms with Crippen molar-refractivity contribution in [1.82, 2.24) is 9.97 Å². The molecule has 2 rings (SSSR count).